The lowest BCUT2D eigenvalue weighted by Crippen LogP contribution is -2.24. The van der Waals surface area contributed by atoms with Crippen LogP contribution in [0.1, 0.15) is 0 Å². The Morgan fingerprint density at radius 3 is 2.74 bits per heavy atom. The van der Waals surface area contributed by atoms with E-state index in [1.165, 1.54) is 0 Å². The molecule has 0 saturated heterocycles. The molecule has 0 radical (unpaired) electrons. The highest BCUT2D eigenvalue weighted by atomic mass is 19.1. The Morgan fingerprint density at radius 1 is 1.42 bits per heavy atom. The standard InChI is InChI=1S/C9H12FN5O4/c10-8-12-5-6(13-9(11)14-7(5)18)15(8)3-19-4(1-16)2-17/h4,16-17H,1-3H2,(H3,11,13,14,18). The van der Waals surface area contributed by atoms with Crippen LogP contribution in [-0.4, -0.2) is 49.0 Å². The minimum absolute atomic E-state index is 0.0756. The quantitative estimate of drug-likeness (QED) is 0.470. The predicted octanol–water partition coefficient (Wildman–Crippen LogP) is -1.83. The summed E-state index contributed by atoms with van der Waals surface area (Å²) in [5.41, 5.74) is 4.41. The van der Waals surface area contributed by atoms with Crippen molar-refractivity contribution >= 4 is 17.1 Å². The third-order valence-electron chi connectivity index (χ3n) is 2.42. The smallest absolute Gasteiger partial charge is 0.293 e. The van der Waals surface area contributed by atoms with Gasteiger partial charge in [0.25, 0.3) is 11.6 Å². The van der Waals surface area contributed by atoms with Crippen LogP contribution in [0.5, 0.6) is 0 Å². The molecule has 2 heterocycles. The predicted molar refractivity (Wildman–Crippen MR) is 61.6 cm³/mol. The molecule has 0 unspecified atom stereocenters. The lowest BCUT2D eigenvalue weighted by molar-refractivity contribution is -0.0517. The molecule has 0 fully saturated rings. The van der Waals surface area contributed by atoms with Gasteiger partial charge in [0.15, 0.2) is 11.2 Å². The molecule has 104 valence electrons. The van der Waals surface area contributed by atoms with Crippen molar-refractivity contribution in [2.75, 3.05) is 18.9 Å². The number of aliphatic hydroxyl groups is 2. The highest BCUT2D eigenvalue weighted by Gasteiger charge is 2.16. The summed E-state index contributed by atoms with van der Waals surface area (Å²) in [6, 6.07) is 0. The molecule has 2 aromatic rings. The zero-order valence-electron chi connectivity index (χ0n) is 9.71. The maximum absolute atomic E-state index is 13.6. The number of fused-ring (bicyclic) bond motifs is 1. The number of aromatic amines is 1. The Hall–Kier alpha value is -2.04. The van der Waals surface area contributed by atoms with Gasteiger partial charge in [-0.2, -0.15) is 14.4 Å². The van der Waals surface area contributed by atoms with E-state index in [-0.39, 0.29) is 23.8 Å². The largest absolute Gasteiger partial charge is 0.394 e. The number of aliphatic hydroxyl groups excluding tert-OH is 2. The number of nitrogens with two attached hydrogens (primary N) is 1. The molecule has 5 N–H and O–H groups in total. The number of hydrogen-bond donors (Lipinski definition) is 4. The van der Waals surface area contributed by atoms with Gasteiger partial charge in [0.1, 0.15) is 12.8 Å². The van der Waals surface area contributed by atoms with Crippen molar-refractivity contribution in [3.8, 4) is 0 Å². The Balaban J connectivity index is 2.37. The molecule has 2 aromatic heterocycles. The van der Waals surface area contributed by atoms with Crippen LogP contribution in [0.2, 0.25) is 0 Å². The van der Waals surface area contributed by atoms with Gasteiger partial charge < -0.3 is 20.7 Å². The van der Waals surface area contributed by atoms with Crippen LogP contribution in [0.25, 0.3) is 11.2 Å². The van der Waals surface area contributed by atoms with Crippen LogP contribution in [0, 0.1) is 6.08 Å². The topological polar surface area (TPSA) is 139 Å². The number of imidazole rings is 1. The number of aromatic nitrogens is 4. The SMILES string of the molecule is Nc1nc2c(nc(F)n2COC(CO)CO)c(=O)[nH]1. The monoisotopic (exact) mass is 273 g/mol. The third kappa shape index (κ3) is 2.54. The first-order chi connectivity index (χ1) is 9.06. The highest BCUT2D eigenvalue weighted by molar-refractivity contribution is 5.70. The molecule has 19 heavy (non-hydrogen) atoms. The molecule has 0 atom stereocenters. The summed E-state index contributed by atoms with van der Waals surface area (Å²) in [5.74, 6) is -0.181. The van der Waals surface area contributed by atoms with Crippen molar-refractivity contribution in [1.82, 2.24) is 19.5 Å². The van der Waals surface area contributed by atoms with Crippen LogP contribution >= 0.6 is 0 Å². The molecule has 0 aliphatic rings. The fourth-order valence-corrected chi connectivity index (χ4v) is 1.46. The fourth-order valence-electron chi connectivity index (χ4n) is 1.46. The van der Waals surface area contributed by atoms with Gasteiger partial charge in [-0.15, -0.1) is 0 Å². The van der Waals surface area contributed by atoms with Crippen LogP contribution < -0.4 is 11.3 Å². The molecular weight excluding hydrogens is 261 g/mol. The molecule has 0 amide bonds. The van der Waals surface area contributed by atoms with E-state index >= 15 is 0 Å². The molecule has 10 heteroatoms. The van der Waals surface area contributed by atoms with Gasteiger partial charge in [0.2, 0.25) is 5.95 Å². The van der Waals surface area contributed by atoms with Crippen molar-refractivity contribution in [2.24, 2.45) is 0 Å². The zero-order valence-corrected chi connectivity index (χ0v) is 9.71. The zero-order chi connectivity index (χ0) is 14.0. The summed E-state index contributed by atoms with van der Waals surface area (Å²) in [6.45, 7) is -1.23. The lowest BCUT2D eigenvalue weighted by atomic mass is 10.4. The van der Waals surface area contributed by atoms with Crippen LogP contribution in [0.4, 0.5) is 10.3 Å². The Morgan fingerprint density at radius 2 is 2.11 bits per heavy atom. The first kappa shape index (κ1) is 13.4. The van der Waals surface area contributed by atoms with Gasteiger partial charge in [-0.25, -0.2) is 0 Å². The first-order valence-electron chi connectivity index (χ1n) is 5.31. The number of nitrogens with one attached hydrogen (secondary N) is 1. The maximum atomic E-state index is 13.6. The Kier molecular flexibility index (Phi) is 3.74. The van der Waals surface area contributed by atoms with Gasteiger partial charge >= 0.3 is 0 Å². The van der Waals surface area contributed by atoms with E-state index in [1.54, 1.807) is 0 Å². The van der Waals surface area contributed by atoms with Gasteiger partial charge in [-0.3, -0.25) is 14.3 Å². The van der Waals surface area contributed by atoms with Crippen molar-refractivity contribution in [3.63, 3.8) is 0 Å². The maximum Gasteiger partial charge on any atom is 0.293 e. The second-order valence-electron chi connectivity index (χ2n) is 3.72. The minimum atomic E-state index is -0.978. The van der Waals surface area contributed by atoms with Crippen molar-refractivity contribution in [3.05, 3.63) is 16.4 Å². The van der Waals surface area contributed by atoms with Crippen LogP contribution in [0.3, 0.4) is 0 Å². The number of nitrogens with zero attached hydrogens (tertiary/aromatic N) is 3. The summed E-state index contributed by atoms with van der Waals surface area (Å²) >= 11 is 0. The average Bonchev–Trinajstić information content (AvgIpc) is 2.68. The number of rotatable bonds is 5. The molecule has 2 rings (SSSR count). The average molecular weight is 273 g/mol. The summed E-state index contributed by atoms with van der Waals surface area (Å²) in [4.78, 5) is 20.8. The molecule has 0 aliphatic carbocycles. The van der Waals surface area contributed by atoms with Gasteiger partial charge in [0.05, 0.1) is 13.2 Å². The van der Waals surface area contributed by atoms with E-state index in [1.807, 2.05) is 0 Å². The van der Waals surface area contributed by atoms with Crippen molar-refractivity contribution < 1.29 is 19.3 Å². The normalized spacial score (nSPS) is 11.6. The van der Waals surface area contributed by atoms with E-state index in [0.717, 1.165) is 4.57 Å². The number of halogens is 1. The molecule has 0 aliphatic heterocycles. The Labute approximate surface area is 105 Å². The van der Waals surface area contributed by atoms with Gasteiger partial charge in [-0.1, -0.05) is 0 Å². The number of hydrogen-bond acceptors (Lipinski definition) is 7. The summed E-state index contributed by atoms with van der Waals surface area (Å²) in [6.07, 6.45) is -1.84. The van der Waals surface area contributed by atoms with Crippen molar-refractivity contribution in [2.45, 2.75) is 12.8 Å². The fraction of sp³-hybridized carbons (Fsp3) is 0.444. The molecule has 0 saturated carbocycles. The second-order valence-corrected chi connectivity index (χ2v) is 3.72. The number of nitrogen functional groups attached to an aromatic ring is 1. The van der Waals surface area contributed by atoms with E-state index in [4.69, 9.17) is 20.7 Å². The number of anilines is 1. The van der Waals surface area contributed by atoms with E-state index in [0.29, 0.717) is 0 Å². The molecular formula is C9H12FN5O4. The molecule has 0 aromatic carbocycles. The summed E-state index contributed by atoms with van der Waals surface area (Å²) < 4.78 is 19.5. The number of H-pyrrole nitrogens is 1. The summed E-state index contributed by atoms with van der Waals surface area (Å²) in [5, 5.41) is 17.7. The van der Waals surface area contributed by atoms with Gasteiger partial charge in [-0.05, 0) is 0 Å². The molecule has 9 nitrogen and oxygen atoms in total. The Bertz CT molecular complexity index is 635. The van der Waals surface area contributed by atoms with Crippen molar-refractivity contribution in [1.29, 1.82) is 0 Å². The number of ether oxygens (including phenoxy) is 1. The molecule has 0 bridgehead atoms. The summed E-state index contributed by atoms with van der Waals surface area (Å²) in [7, 11) is 0. The third-order valence-corrected chi connectivity index (χ3v) is 2.42. The van der Waals surface area contributed by atoms with Gasteiger partial charge in [0, 0.05) is 0 Å². The first-order valence-corrected chi connectivity index (χ1v) is 5.31. The highest BCUT2D eigenvalue weighted by Crippen LogP contribution is 2.11. The van der Waals surface area contributed by atoms with E-state index in [2.05, 4.69) is 15.0 Å². The second kappa shape index (κ2) is 5.30. The van der Waals surface area contributed by atoms with E-state index in [9.17, 15) is 9.18 Å². The minimum Gasteiger partial charge on any atom is -0.394 e. The van der Waals surface area contributed by atoms with E-state index < -0.39 is 31.0 Å². The van der Waals surface area contributed by atoms with Crippen LogP contribution in [0.15, 0.2) is 4.79 Å². The lowest BCUT2D eigenvalue weighted by Gasteiger charge is -2.13. The molecule has 0 spiro atoms. The van der Waals surface area contributed by atoms with Crippen LogP contribution in [-0.2, 0) is 11.5 Å².